The Kier molecular flexibility index (Phi) is 3.33. The van der Waals surface area contributed by atoms with Crippen LogP contribution in [0.4, 0.5) is 0 Å². The van der Waals surface area contributed by atoms with Gasteiger partial charge in [-0.05, 0) is 12.8 Å². The zero-order valence-electron chi connectivity index (χ0n) is 8.56. The predicted octanol–water partition coefficient (Wildman–Crippen LogP) is 1.71. The summed E-state index contributed by atoms with van der Waals surface area (Å²) >= 11 is 1.56. The van der Waals surface area contributed by atoms with E-state index in [0.29, 0.717) is 0 Å². The molecule has 1 atom stereocenters. The number of esters is 1. The van der Waals surface area contributed by atoms with Crippen molar-refractivity contribution in [3.8, 4) is 0 Å². The van der Waals surface area contributed by atoms with Crippen molar-refractivity contribution in [3.05, 3.63) is 16.1 Å². The van der Waals surface area contributed by atoms with Gasteiger partial charge in [0.2, 0.25) is 0 Å². The summed E-state index contributed by atoms with van der Waals surface area (Å²) in [5.41, 5.74) is 0.775. The van der Waals surface area contributed by atoms with E-state index in [2.05, 4.69) is 9.72 Å². The van der Waals surface area contributed by atoms with E-state index in [-0.39, 0.29) is 18.5 Å². The smallest absolute Gasteiger partial charge is 0.311 e. The minimum absolute atomic E-state index is 0.140. The zero-order valence-corrected chi connectivity index (χ0v) is 9.38. The maximum atomic E-state index is 11.0. The monoisotopic (exact) mass is 227 g/mol. The van der Waals surface area contributed by atoms with Gasteiger partial charge in [0.15, 0.2) is 0 Å². The van der Waals surface area contributed by atoms with Crippen LogP contribution in [0.5, 0.6) is 0 Å². The van der Waals surface area contributed by atoms with Crippen molar-refractivity contribution < 1.29 is 14.3 Å². The quantitative estimate of drug-likeness (QED) is 0.737. The Labute approximate surface area is 92.2 Å². The number of carbonyl (C=O) groups is 1. The van der Waals surface area contributed by atoms with Gasteiger partial charge in [-0.25, -0.2) is 4.98 Å². The van der Waals surface area contributed by atoms with E-state index < -0.39 is 0 Å². The van der Waals surface area contributed by atoms with Crippen LogP contribution in [0.25, 0.3) is 0 Å². The van der Waals surface area contributed by atoms with Gasteiger partial charge in [-0.1, -0.05) is 0 Å². The van der Waals surface area contributed by atoms with Crippen molar-refractivity contribution in [1.29, 1.82) is 0 Å². The molecule has 0 aliphatic carbocycles. The van der Waals surface area contributed by atoms with Crippen LogP contribution in [0.2, 0.25) is 0 Å². The molecule has 1 aromatic heterocycles. The molecule has 0 amide bonds. The topological polar surface area (TPSA) is 48.4 Å². The highest BCUT2D eigenvalue weighted by Crippen LogP contribution is 2.30. The van der Waals surface area contributed by atoms with Gasteiger partial charge in [0.1, 0.15) is 11.1 Å². The molecule has 0 N–H and O–H groups in total. The van der Waals surface area contributed by atoms with Crippen LogP contribution >= 0.6 is 11.3 Å². The third kappa shape index (κ3) is 2.54. The lowest BCUT2D eigenvalue weighted by Gasteiger charge is -2.03. The molecular formula is C10H13NO3S. The Balaban J connectivity index is 2.00. The van der Waals surface area contributed by atoms with Crippen LogP contribution in [-0.2, 0) is 20.7 Å². The van der Waals surface area contributed by atoms with Crippen molar-refractivity contribution >= 4 is 17.3 Å². The van der Waals surface area contributed by atoms with Gasteiger partial charge in [-0.3, -0.25) is 4.79 Å². The summed E-state index contributed by atoms with van der Waals surface area (Å²) in [5.74, 6) is -0.251. The van der Waals surface area contributed by atoms with E-state index in [1.807, 2.05) is 5.38 Å². The molecule has 1 aliphatic heterocycles. The highest BCUT2D eigenvalue weighted by molar-refractivity contribution is 7.09. The van der Waals surface area contributed by atoms with Gasteiger partial charge in [-0.2, -0.15) is 0 Å². The van der Waals surface area contributed by atoms with E-state index in [1.54, 1.807) is 11.3 Å². The van der Waals surface area contributed by atoms with Crippen LogP contribution in [0.15, 0.2) is 5.38 Å². The first-order valence-electron chi connectivity index (χ1n) is 4.92. The van der Waals surface area contributed by atoms with Crippen molar-refractivity contribution in [2.45, 2.75) is 25.4 Å². The minimum Gasteiger partial charge on any atom is -0.469 e. The zero-order chi connectivity index (χ0) is 10.7. The molecule has 2 rings (SSSR count). The summed E-state index contributed by atoms with van der Waals surface area (Å²) in [6.07, 6.45) is 2.52. The largest absolute Gasteiger partial charge is 0.469 e. The maximum Gasteiger partial charge on any atom is 0.311 e. The van der Waals surface area contributed by atoms with Gasteiger partial charge >= 0.3 is 5.97 Å². The number of hydrogen-bond acceptors (Lipinski definition) is 5. The average Bonchev–Trinajstić information content (AvgIpc) is 2.85. The molecule has 0 aromatic carbocycles. The summed E-state index contributed by atoms with van der Waals surface area (Å²) in [6, 6.07) is 0. The molecule has 0 bridgehead atoms. The molecule has 4 nitrogen and oxygen atoms in total. The third-order valence-electron chi connectivity index (χ3n) is 2.33. The fraction of sp³-hybridized carbons (Fsp3) is 0.600. The van der Waals surface area contributed by atoms with Crippen molar-refractivity contribution in [3.63, 3.8) is 0 Å². The maximum absolute atomic E-state index is 11.0. The highest BCUT2D eigenvalue weighted by Gasteiger charge is 2.21. The first kappa shape index (κ1) is 10.6. The molecule has 1 unspecified atom stereocenters. The molecule has 15 heavy (non-hydrogen) atoms. The molecule has 1 fully saturated rings. The molecule has 1 saturated heterocycles. The van der Waals surface area contributed by atoms with Gasteiger partial charge in [0.05, 0.1) is 19.2 Å². The first-order valence-corrected chi connectivity index (χ1v) is 5.80. The second kappa shape index (κ2) is 4.72. The lowest BCUT2D eigenvalue weighted by Crippen LogP contribution is -2.05. The molecule has 0 spiro atoms. The van der Waals surface area contributed by atoms with Gasteiger partial charge in [0, 0.05) is 12.0 Å². The lowest BCUT2D eigenvalue weighted by atomic mass is 10.2. The number of thiazole rings is 1. The standard InChI is InChI=1S/C10H13NO3S/c1-13-9(12)5-7-6-15-10(11-7)8-3-2-4-14-8/h6,8H,2-5H2,1H3. The van der Waals surface area contributed by atoms with E-state index in [9.17, 15) is 4.79 Å². The number of ether oxygens (including phenoxy) is 2. The summed E-state index contributed by atoms with van der Waals surface area (Å²) in [4.78, 5) is 15.4. The van der Waals surface area contributed by atoms with Crippen LogP contribution in [-0.4, -0.2) is 24.7 Å². The normalized spacial score (nSPS) is 20.5. The van der Waals surface area contributed by atoms with Crippen LogP contribution in [0.3, 0.4) is 0 Å². The summed E-state index contributed by atoms with van der Waals surface area (Å²) in [7, 11) is 1.38. The van der Waals surface area contributed by atoms with Crippen molar-refractivity contribution in [1.82, 2.24) is 4.98 Å². The van der Waals surface area contributed by atoms with Crippen LogP contribution in [0.1, 0.15) is 29.6 Å². The Morgan fingerprint density at radius 2 is 2.67 bits per heavy atom. The van der Waals surface area contributed by atoms with Gasteiger partial charge in [-0.15, -0.1) is 11.3 Å². The predicted molar refractivity (Wildman–Crippen MR) is 55.8 cm³/mol. The van der Waals surface area contributed by atoms with E-state index in [0.717, 1.165) is 30.2 Å². The summed E-state index contributed by atoms with van der Waals surface area (Å²) in [6.45, 7) is 0.816. The first-order chi connectivity index (χ1) is 7.29. The Morgan fingerprint density at radius 1 is 1.80 bits per heavy atom. The molecule has 82 valence electrons. The molecule has 5 heteroatoms. The number of nitrogens with zero attached hydrogens (tertiary/aromatic N) is 1. The minimum atomic E-state index is -0.251. The summed E-state index contributed by atoms with van der Waals surface area (Å²) in [5, 5.41) is 2.87. The van der Waals surface area contributed by atoms with Gasteiger partial charge in [0.25, 0.3) is 0 Å². The number of rotatable bonds is 3. The Morgan fingerprint density at radius 3 is 3.33 bits per heavy atom. The Hall–Kier alpha value is -0.940. The number of aromatic nitrogens is 1. The fourth-order valence-electron chi connectivity index (χ4n) is 1.54. The van der Waals surface area contributed by atoms with Crippen LogP contribution < -0.4 is 0 Å². The van der Waals surface area contributed by atoms with E-state index >= 15 is 0 Å². The van der Waals surface area contributed by atoms with E-state index in [1.165, 1.54) is 7.11 Å². The molecule has 1 aromatic rings. The molecule has 0 saturated carbocycles. The number of carbonyl (C=O) groups excluding carboxylic acids is 1. The van der Waals surface area contributed by atoms with Gasteiger partial charge < -0.3 is 9.47 Å². The SMILES string of the molecule is COC(=O)Cc1csc(C2CCCO2)n1. The second-order valence-corrected chi connectivity index (χ2v) is 4.32. The van der Waals surface area contributed by atoms with Crippen LogP contribution in [0, 0.1) is 0 Å². The number of hydrogen-bond donors (Lipinski definition) is 0. The number of methoxy groups -OCH3 is 1. The molecule has 1 aliphatic rings. The summed E-state index contributed by atoms with van der Waals surface area (Å²) < 4.78 is 10.1. The van der Waals surface area contributed by atoms with Crippen molar-refractivity contribution in [2.75, 3.05) is 13.7 Å². The average molecular weight is 227 g/mol. The third-order valence-corrected chi connectivity index (χ3v) is 3.31. The molecular weight excluding hydrogens is 214 g/mol. The lowest BCUT2D eigenvalue weighted by molar-refractivity contribution is -0.139. The van der Waals surface area contributed by atoms with E-state index in [4.69, 9.17) is 4.74 Å². The molecule has 2 heterocycles. The fourth-order valence-corrected chi connectivity index (χ4v) is 2.44. The van der Waals surface area contributed by atoms with Crippen molar-refractivity contribution in [2.24, 2.45) is 0 Å². The highest BCUT2D eigenvalue weighted by atomic mass is 32.1. The second-order valence-electron chi connectivity index (χ2n) is 3.43. The molecule has 0 radical (unpaired) electrons. The Bertz CT molecular complexity index is 344.